The highest BCUT2D eigenvalue weighted by Crippen LogP contribution is 2.00. The average molecular weight is 455 g/mol. The van der Waals surface area contributed by atoms with E-state index in [9.17, 15) is 14.4 Å². The zero-order valence-electron chi connectivity index (χ0n) is 16.8. The second kappa shape index (κ2) is 9.52. The molecular formula is C17H17N11O3S. The van der Waals surface area contributed by atoms with E-state index >= 15 is 0 Å². The predicted octanol–water partition coefficient (Wildman–Crippen LogP) is -0.449. The Bertz CT molecular complexity index is 1550. The highest BCUT2D eigenvalue weighted by Gasteiger charge is 2.08. The van der Waals surface area contributed by atoms with Gasteiger partial charge in [-0.15, -0.1) is 0 Å². The van der Waals surface area contributed by atoms with Gasteiger partial charge in [-0.1, -0.05) is 0 Å². The maximum Gasteiger partial charge on any atom is 0.332 e. The summed E-state index contributed by atoms with van der Waals surface area (Å²) >= 11 is 4.78. The van der Waals surface area contributed by atoms with E-state index in [4.69, 9.17) is 18.0 Å². The maximum absolute atomic E-state index is 11.4. The largest absolute Gasteiger partial charge is 0.364 e. The number of nitrogens with two attached hydrogens (primary N) is 1. The molecule has 5 heterocycles. The smallest absolute Gasteiger partial charge is 0.332 e. The number of nitrogens with zero attached hydrogens (tertiary/aromatic N) is 7. The van der Waals surface area contributed by atoms with Crippen molar-refractivity contribution < 1.29 is 4.79 Å². The lowest BCUT2D eigenvalue weighted by Gasteiger charge is -2.00. The number of imidazole rings is 2. The molecule has 0 aliphatic rings. The molecule has 0 unspecified atom stereocenters. The molecule has 0 fully saturated rings. The van der Waals surface area contributed by atoms with Gasteiger partial charge >= 0.3 is 5.69 Å². The Balaban J connectivity index is 0.000000138. The number of hydrogen-bond acceptors (Lipinski definition) is 9. The number of aromatic nitrogens is 10. The number of amides is 1. The molecule has 0 saturated heterocycles. The van der Waals surface area contributed by atoms with Crippen LogP contribution in [0.2, 0.25) is 0 Å². The van der Waals surface area contributed by atoms with E-state index < -0.39 is 5.91 Å². The minimum atomic E-state index is -0.553. The molecular weight excluding hydrogens is 438 g/mol. The fourth-order valence-corrected chi connectivity index (χ4v) is 2.60. The monoisotopic (exact) mass is 455 g/mol. The zero-order valence-corrected chi connectivity index (χ0v) is 17.6. The Labute approximate surface area is 183 Å². The summed E-state index contributed by atoms with van der Waals surface area (Å²) in [5.41, 5.74) is 6.70. The highest BCUT2D eigenvalue weighted by atomic mass is 32.1. The normalized spacial score (nSPS) is 10.2. The summed E-state index contributed by atoms with van der Waals surface area (Å²) in [6, 6.07) is 0. The molecule has 0 saturated carbocycles. The number of carbonyl (C=O) groups excluding carboxylic acids is 1. The third-order valence-corrected chi connectivity index (χ3v) is 4.26. The van der Waals surface area contributed by atoms with E-state index in [1.54, 1.807) is 19.6 Å². The number of fused-ring (bicyclic) bond motifs is 2. The first-order valence-corrected chi connectivity index (χ1v) is 9.23. The molecule has 0 spiro atoms. The van der Waals surface area contributed by atoms with Gasteiger partial charge in [0.15, 0.2) is 16.1 Å². The van der Waals surface area contributed by atoms with Gasteiger partial charge in [0, 0.05) is 26.5 Å². The Morgan fingerprint density at radius 2 is 1.75 bits per heavy atom. The molecule has 5 rings (SSSR count). The topological polar surface area (TPSA) is 199 Å². The lowest BCUT2D eigenvalue weighted by atomic mass is 10.4. The Morgan fingerprint density at radius 3 is 2.41 bits per heavy atom. The Kier molecular flexibility index (Phi) is 6.59. The minimum absolute atomic E-state index is 0.192. The summed E-state index contributed by atoms with van der Waals surface area (Å²) in [4.78, 5) is 60.5. The van der Waals surface area contributed by atoms with Crippen molar-refractivity contribution in [2.75, 3.05) is 0 Å². The van der Waals surface area contributed by atoms with E-state index in [0.717, 1.165) is 15.7 Å². The van der Waals surface area contributed by atoms with Crippen molar-refractivity contribution in [2.24, 2.45) is 19.8 Å². The van der Waals surface area contributed by atoms with E-state index in [0.29, 0.717) is 15.9 Å². The number of aryl methyl sites for hydroxylation is 1. The maximum atomic E-state index is 11.4. The highest BCUT2D eigenvalue weighted by molar-refractivity contribution is 7.71. The van der Waals surface area contributed by atoms with Crippen LogP contribution in [0.4, 0.5) is 0 Å². The minimum Gasteiger partial charge on any atom is -0.364 e. The molecule has 5 aromatic heterocycles. The molecule has 0 aromatic carbocycles. The van der Waals surface area contributed by atoms with E-state index in [2.05, 4.69) is 39.9 Å². The molecule has 15 heteroatoms. The molecule has 14 nitrogen and oxygen atoms in total. The van der Waals surface area contributed by atoms with Crippen LogP contribution < -0.4 is 17.0 Å². The van der Waals surface area contributed by atoms with Crippen LogP contribution in [0.3, 0.4) is 0 Å². The van der Waals surface area contributed by atoms with Crippen LogP contribution in [0.5, 0.6) is 0 Å². The van der Waals surface area contributed by atoms with E-state index in [1.165, 1.54) is 36.5 Å². The SMILES string of the molecule is Cn1c(=O)c2[nH]cnc2n(C)c1=O.NC(=O)c1cnccn1.S=c1ncc2[nH]cnc2[nH]1. The molecule has 5 aromatic rings. The second-order valence-electron chi connectivity index (χ2n) is 6.11. The van der Waals surface area contributed by atoms with Crippen LogP contribution in [-0.4, -0.2) is 54.9 Å². The third-order valence-electron chi connectivity index (χ3n) is 4.05. The van der Waals surface area contributed by atoms with Crippen LogP contribution in [0.15, 0.2) is 47.0 Å². The van der Waals surface area contributed by atoms with Crippen LogP contribution in [-0.2, 0) is 14.1 Å². The van der Waals surface area contributed by atoms with Gasteiger partial charge in [-0.3, -0.25) is 23.7 Å². The lowest BCUT2D eigenvalue weighted by Crippen LogP contribution is -2.36. The quantitative estimate of drug-likeness (QED) is 0.242. The number of carbonyl (C=O) groups is 1. The summed E-state index contributed by atoms with van der Waals surface area (Å²) in [7, 11) is 3.01. The number of rotatable bonds is 1. The summed E-state index contributed by atoms with van der Waals surface area (Å²) < 4.78 is 2.83. The molecule has 0 atom stereocenters. The van der Waals surface area contributed by atoms with Gasteiger partial charge < -0.3 is 20.7 Å². The van der Waals surface area contributed by atoms with Gasteiger partial charge in [0.2, 0.25) is 0 Å². The van der Waals surface area contributed by atoms with Crippen molar-refractivity contribution >= 4 is 40.5 Å². The van der Waals surface area contributed by atoms with Crippen molar-refractivity contribution in [3.8, 4) is 0 Å². The average Bonchev–Trinajstić information content (AvgIpc) is 3.47. The first kappa shape index (κ1) is 22.2. The lowest BCUT2D eigenvalue weighted by molar-refractivity contribution is 0.0995. The molecule has 164 valence electrons. The predicted molar refractivity (Wildman–Crippen MR) is 116 cm³/mol. The molecule has 0 radical (unpaired) electrons. The van der Waals surface area contributed by atoms with Crippen molar-refractivity contribution in [3.63, 3.8) is 0 Å². The van der Waals surface area contributed by atoms with Crippen LogP contribution >= 0.6 is 12.2 Å². The van der Waals surface area contributed by atoms with Gasteiger partial charge in [-0.05, 0) is 12.2 Å². The zero-order chi connectivity index (χ0) is 23.3. The van der Waals surface area contributed by atoms with Gasteiger partial charge in [0.1, 0.15) is 16.7 Å². The van der Waals surface area contributed by atoms with Gasteiger partial charge in [0.05, 0.1) is 25.0 Å². The van der Waals surface area contributed by atoms with Crippen molar-refractivity contribution in [1.29, 1.82) is 0 Å². The van der Waals surface area contributed by atoms with Crippen molar-refractivity contribution in [3.05, 3.63) is 68.7 Å². The van der Waals surface area contributed by atoms with E-state index in [-0.39, 0.29) is 16.9 Å². The van der Waals surface area contributed by atoms with Gasteiger partial charge in [-0.25, -0.2) is 24.7 Å². The third kappa shape index (κ3) is 4.78. The summed E-state index contributed by atoms with van der Waals surface area (Å²) in [6.45, 7) is 0. The molecule has 1 amide bonds. The Hall–Kier alpha value is -4.53. The molecule has 0 aliphatic carbocycles. The molecule has 5 N–H and O–H groups in total. The first-order valence-electron chi connectivity index (χ1n) is 8.83. The van der Waals surface area contributed by atoms with Gasteiger partial charge in [-0.2, -0.15) is 0 Å². The number of primary amides is 1. The second-order valence-corrected chi connectivity index (χ2v) is 6.50. The Morgan fingerprint density at radius 1 is 1.00 bits per heavy atom. The number of hydrogen-bond donors (Lipinski definition) is 4. The summed E-state index contributed by atoms with van der Waals surface area (Å²) in [5, 5.41) is 0. The number of nitrogens with one attached hydrogen (secondary N) is 3. The van der Waals surface area contributed by atoms with Crippen LogP contribution in [0.25, 0.3) is 22.3 Å². The molecule has 0 bridgehead atoms. The number of aromatic amines is 3. The van der Waals surface area contributed by atoms with Crippen molar-refractivity contribution in [2.45, 2.75) is 0 Å². The van der Waals surface area contributed by atoms with Crippen molar-refractivity contribution in [1.82, 2.24) is 49.0 Å². The van der Waals surface area contributed by atoms with Crippen LogP contribution in [0.1, 0.15) is 10.5 Å². The fourth-order valence-electron chi connectivity index (χ4n) is 2.45. The number of H-pyrrole nitrogens is 3. The standard InChI is InChI=1S/C7H8N4O2.C5H4N4S.C5H5N3O/c1-10-5-4(8-3-9-5)6(12)11(2)7(10)13;10-5-6-1-3-4(9-5)8-2-7-3;6-5(9)4-3-7-1-2-8-4/h3H,1-2H3,(H,8,9);1-2H,(H2,6,7,8,9,10);1-3H,(H2,6,9). The molecule has 32 heavy (non-hydrogen) atoms. The molecule has 0 aliphatic heterocycles. The summed E-state index contributed by atoms with van der Waals surface area (Å²) in [6.07, 6.45) is 8.86. The fraction of sp³-hybridized carbons (Fsp3) is 0.118. The summed E-state index contributed by atoms with van der Waals surface area (Å²) in [5.74, 6) is -0.553. The van der Waals surface area contributed by atoms with Crippen LogP contribution in [0, 0.1) is 4.77 Å². The van der Waals surface area contributed by atoms with E-state index in [1.807, 2.05) is 0 Å². The van der Waals surface area contributed by atoms with Gasteiger partial charge in [0.25, 0.3) is 11.5 Å². The first-order chi connectivity index (χ1) is 15.3.